The first-order valence-corrected chi connectivity index (χ1v) is 5.23. The molecule has 0 aromatic carbocycles. The molecule has 2 N–H and O–H groups in total. The average molecular weight is 215 g/mol. The molecule has 0 aliphatic carbocycles. The molecule has 2 heterocycles. The van der Waals surface area contributed by atoms with Gasteiger partial charge in [-0.25, -0.2) is 0 Å². The highest BCUT2D eigenvalue weighted by Crippen LogP contribution is 2.35. The SMILES string of the molecule is CC1(C)OC2CCOC(CC(N)=O)C2O1. The minimum absolute atomic E-state index is 0.0260. The van der Waals surface area contributed by atoms with E-state index in [0.717, 1.165) is 6.42 Å². The number of amides is 1. The molecule has 0 aromatic heterocycles. The number of fused-ring (bicyclic) bond motifs is 1. The van der Waals surface area contributed by atoms with E-state index in [-0.39, 0.29) is 30.6 Å². The second-order valence-corrected chi connectivity index (χ2v) is 4.51. The topological polar surface area (TPSA) is 70.8 Å². The third-order valence-electron chi connectivity index (χ3n) is 2.72. The number of primary amides is 1. The van der Waals surface area contributed by atoms with E-state index in [1.165, 1.54) is 0 Å². The molecule has 2 aliphatic rings. The van der Waals surface area contributed by atoms with E-state index in [1.807, 2.05) is 13.8 Å². The molecule has 3 unspecified atom stereocenters. The van der Waals surface area contributed by atoms with Crippen molar-refractivity contribution in [1.82, 2.24) is 0 Å². The number of hydrogen-bond donors (Lipinski definition) is 1. The van der Waals surface area contributed by atoms with Crippen molar-refractivity contribution in [3.8, 4) is 0 Å². The van der Waals surface area contributed by atoms with Gasteiger partial charge in [0.15, 0.2) is 5.79 Å². The molecule has 0 spiro atoms. The van der Waals surface area contributed by atoms with Crippen molar-refractivity contribution in [3.05, 3.63) is 0 Å². The van der Waals surface area contributed by atoms with Gasteiger partial charge in [0, 0.05) is 6.61 Å². The summed E-state index contributed by atoms with van der Waals surface area (Å²) in [6, 6.07) is 0. The van der Waals surface area contributed by atoms with Gasteiger partial charge in [0.25, 0.3) is 0 Å². The largest absolute Gasteiger partial charge is 0.375 e. The van der Waals surface area contributed by atoms with Crippen LogP contribution in [0.3, 0.4) is 0 Å². The van der Waals surface area contributed by atoms with Crippen LogP contribution in [0.15, 0.2) is 0 Å². The summed E-state index contributed by atoms with van der Waals surface area (Å²) in [5.41, 5.74) is 5.16. The van der Waals surface area contributed by atoms with E-state index in [9.17, 15) is 4.79 Å². The smallest absolute Gasteiger partial charge is 0.220 e. The van der Waals surface area contributed by atoms with Gasteiger partial charge in [-0.05, 0) is 20.3 Å². The zero-order valence-electron chi connectivity index (χ0n) is 9.06. The van der Waals surface area contributed by atoms with Gasteiger partial charge in [0.1, 0.15) is 6.10 Å². The minimum atomic E-state index is -0.584. The standard InChI is InChI=1S/C10H17NO4/c1-10(2)14-6-3-4-13-7(5-8(11)12)9(6)15-10/h6-7,9H,3-5H2,1-2H3,(H2,11,12). The third-order valence-corrected chi connectivity index (χ3v) is 2.72. The first-order valence-electron chi connectivity index (χ1n) is 5.23. The zero-order valence-corrected chi connectivity index (χ0v) is 9.06. The normalized spacial score (nSPS) is 38.7. The van der Waals surface area contributed by atoms with Crippen molar-refractivity contribution in [2.75, 3.05) is 6.61 Å². The Labute approximate surface area is 88.9 Å². The maximum Gasteiger partial charge on any atom is 0.220 e. The molecule has 3 atom stereocenters. The first-order chi connectivity index (χ1) is 6.98. The summed E-state index contributed by atoms with van der Waals surface area (Å²) >= 11 is 0. The molecule has 0 radical (unpaired) electrons. The molecule has 2 fully saturated rings. The molecule has 1 amide bonds. The number of ether oxygens (including phenoxy) is 3. The van der Waals surface area contributed by atoms with E-state index in [2.05, 4.69) is 0 Å². The fourth-order valence-electron chi connectivity index (χ4n) is 2.21. The van der Waals surface area contributed by atoms with Gasteiger partial charge < -0.3 is 19.9 Å². The quantitative estimate of drug-likeness (QED) is 0.712. The van der Waals surface area contributed by atoms with Crippen LogP contribution in [0.2, 0.25) is 0 Å². The van der Waals surface area contributed by atoms with Crippen molar-refractivity contribution in [3.63, 3.8) is 0 Å². The third kappa shape index (κ3) is 2.30. The fraction of sp³-hybridized carbons (Fsp3) is 0.900. The average Bonchev–Trinajstić information content (AvgIpc) is 2.39. The number of rotatable bonds is 2. The van der Waals surface area contributed by atoms with Crippen molar-refractivity contribution >= 4 is 5.91 Å². The summed E-state index contributed by atoms with van der Waals surface area (Å²) in [5, 5.41) is 0. The predicted molar refractivity (Wildman–Crippen MR) is 52.0 cm³/mol. The fourth-order valence-corrected chi connectivity index (χ4v) is 2.21. The lowest BCUT2D eigenvalue weighted by Gasteiger charge is -2.30. The highest BCUT2D eigenvalue weighted by atomic mass is 16.8. The lowest BCUT2D eigenvalue weighted by molar-refractivity contribution is -0.156. The minimum Gasteiger partial charge on any atom is -0.375 e. The van der Waals surface area contributed by atoms with Crippen LogP contribution in [0.5, 0.6) is 0 Å². The Bertz CT molecular complexity index is 266. The van der Waals surface area contributed by atoms with Crippen molar-refractivity contribution in [2.45, 2.75) is 50.8 Å². The lowest BCUT2D eigenvalue weighted by Crippen LogP contribution is -2.44. The van der Waals surface area contributed by atoms with Gasteiger partial charge in [-0.3, -0.25) is 4.79 Å². The number of carbonyl (C=O) groups is 1. The summed E-state index contributed by atoms with van der Waals surface area (Å²) < 4.78 is 16.9. The van der Waals surface area contributed by atoms with Crippen molar-refractivity contribution in [1.29, 1.82) is 0 Å². The van der Waals surface area contributed by atoms with Crippen LogP contribution in [0, 0.1) is 0 Å². The van der Waals surface area contributed by atoms with Crippen molar-refractivity contribution < 1.29 is 19.0 Å². The molecule has 86 valence electrons. The Kier molecular flexibility index (Phi) is 2.70. The van der Waals surface area contributed by atoms with E-state index in [1.54, 1.807) is 0 Å². The molecule has 5 heteroatoms. The second-order valence-electron chi connectivity index (χ2n) is 4.51. The summed E-state index contributed by atoms with van der Waals surface area (Å²) in [5.74, 6) is -0.951. The van der Waals surface area contributed by atoms with Crippen LogP contribution in [0.25, 0.3) is 0 Å². The molecule has 5 nitrogen and oxygen atoms in total. The second kappa shape index (κ2) is 3.73. The van der Waals surface area contributed by atoms with Gasteiger partial charge in [0.05, 0.1) is 18.6 Å². The molecule has 2 rings (SSSR count). The van der Waals surface area contributed by atoms with Crippen LogP contribution >= 0.6 is 0 Å². The molecule has 15 heavy (non-hydrogen) atoms. The summed E-state index contributed by atoms with van der Waals surface area (Å²) in [7, 11) is 0. The van der Waals surface area contributed by atoms with Gasteiger partial charge in [0.2, 0.25) is 5.91 Å². The highest BCUT2D eigenvalue weighted by Gasteiger charge is 2.47. The monoisotopic (exact) mass is 215 g/mol. The number of carbonyl (C=O) groups excluding carboxylic acids is 1. The van der Waals surface area contributed by atoms with E-state index in [0.29, 0.717) is 6.61 Å². The Hall–Kier alpha value is -0.650. The first kappa shape index (κ1) is 10.9. The highest BCUT2D eigenvalue weighted by molar-refractivity contribution is 5.74. The van der Waals surface area contributed by atoms with Gasteiger partial charge in [-0.1, -0.05) is 0 Å². The Morgan fingerprint density at radius 1 is 1.47 bits per heavy atom. The lowest BCUT2D eigenvalue weighted by atomic mass is 10.00. The van der Waals surface area contributed by atoms with Crippen LogP contribution in [0.4, 0.5) is 0 Å². The Balaban J connectivity index is 2.05. The summed E-state index contributed by atoms with van der Waals surface area (Å²) in [6.45, 7) is 4.33. The Morgan fingerprint density at radius 3 is 2.87 bits per heavy atom. The van der Waals surface area contributed by atoms with Crippen LogP contribution in [-0.4, -0.2) is 36.6 Å². The predicted octanol–water partition coefficient (Wildman–Crippen LogP) is 0.171. The number of nitrogens with two attached hydrogens (primary N) is 1. The van der Waals surface area contributed by atoms with Gasteiger partial charge in [-0.2, -0.15) is 0 Å². The van der Waals surface area contributed by atoms with E-state index in [4.69, 9.17) is 19.9 Å². The van der Waals surface area contributed by atoms with Crippen LogP contribution < -0.4 is 5.73 Å². The van der Waals surface area contributed by atoms with E-state index >= 15 is 0 Å². The van der Waals surface area contributed by atoms with Gasteiger partial charge >= 0.3 is 0 Å². The molecular formula is C10H17NO4. The molecule has 0 bridgehead atoms. The summed E-state index contributed by atoms with van der Waals surface area (Å²) in [4.78, 5) is 10.9. The van der Waals surface area contributed by atoms with Crippen molar-refractivity contribution in [2.24, 2.45) is 5.73 Å². The van der Waals surface area contributed by atoms with E-state index < -0.39 is 5.79 Å². The van der Waals surface area contributed by atoms with Crippen LogP contribution in [-0.2, 0) is 19.0 Å². The number of hydrogen-bond acceptors (Lipinski definition) is 4. The molecular weight excluding hydrogens is 198 g/mol. The molecule has 0 saturated carbocycles. The zero-order chi connectivity index (χ0) is 11.1. The Morgan fingerprint density at radius 2 is 2.20 bits per heavy atom. The molecule has 0 aromatic rings. The maximum absolute atomic E-state index is 10.9. The van der Waals surface area contributed by atoms with Crippen LogP contribution in [0.1, 0.15) is 26.7 Å². The molecule has 2 saturated heterocycles. The maximum atomic E-state index is 10.9. The summed E-state index contributed by atoms with van der Waals surface area (Å²) in [6.07, 6.45) is 0.603. The van der Waals surface area contributed by atoms with Gasteiger partial charge in [-0.15, -0.1) is 0 Å². The molecule has 2 aliphatic heterocycles.